The Morgan fingerprint density at radius 1 is 1.44 bits per heavy atom. The summed E-state index contributed by atoms with van der Waals surface area (Å²) in [7, 11) is -0.833. The summed E-state index contributed by atoms with van der Waals surface area (Å²) in [6.07, 6.45) is 3.19. The van der Waals surface area contributed by atoms with Gasteiger partial charge in [-0.3, -0.25) is 4.21 Å². The van der Waals surface area contributed by atoms with E-state index in [-0.39, 0.29) is 6.04 Å². The van der Waals surface area contributed by atoms with Crippen molar-refractivity contribution in [1.29, 1.82) is 0 Å². The molecule has 96 valence electrons. The average Bonchev–Trinajstić information content (AvgIpc) is 2.27. The summed E-state index contributed by atoms with van der Waals surface area (Å²) >= 11 is 0. The molecule has 0 aliphatic heterocycles. The molecule has 2 atom stereocenters. The van der Waals surface area contributed by atoms with Gasteiger partial charge in [-0.25, -0.2) is 9.97 Å². The van der Waals surface area contributed by atoms with Gasteiger partial charge in [0.2, 0.25) is 0 Å². The lowest BCUT2D eigenvalue weighted by Gasteiger charge is -2.14. The second kappa shape index (κ2) is 5.30. The predicted molar refractivity (Wildman–Crippen MR) is 76.0 cm³/mol. The van der Waals surface area contributed by atoms with E-state index >= 15 is 0 Å². The van der Waals surface area contributed by atoms with E-state index < -0.39 is 10.8 Å². The first kappa shape index (κ1) is 12.8. The highest BCUT2D eigenvalue weighted by atomic mass is 32.2. The molecule has 6 heteroatoms. The van der Waals surface area contributed by atoms with Gasteiger partial charge in [0.15, 0.2) is 0 Å². The van der Waals surface area contributed by atoms with Gasteiger partial charge in [-0.2, -0.15) is 0 Å². The standard InChI is InChI=1S/C12H16N4OS/c1-8(6-18(2)17)16-12-10-4-3-9(13)5-11(10)14-7-15-12/h3-5,7-8H,6,13H2,1-2H3,(H,14,15,16). The van der Waals surface area contributed by atoms with Gasteiger partial charge in [0.1, 0.15) is 12.1 Å². The molecule has 0 bridgehead atoms. The smallest absolute Gasteiger partial charge is 0.137 e. The first-order valence-electron chi connectivity index (χ1n) is 5.63. The van der Waals surface area contributed by atoms with Crippen molar-refractivity contribution in [2.75, 3.05) is 23.1 Å². The molecule has 2 rings (SSSR count). The number of nitrogens with one attached hydrogen (secondary N) is 1. The molecule has 2 aromatic rings. The van der Waals surface area contributed by atoms with Crippen LogP contribution >= 0.6 is 0 Å². The fourth-order valence-electron chi connectivity index (χ4n) is 1.82. The number of anilines is 2. The van der Waals surface area contributed by atoms with Crippen LogP contribution in [0.1, 0.15) is 6.92 Å². The van der Waals surface area contributed by atoms with Crippen LogP contribution in [0, 0.1) is 0 Å². The molecule has 1 heterocycles. The third-order valence-electron chi connectivity index (χ3n) is 2.53. The summed E-state index contributed by atoms with van der Waals surface area (Å²) in [5, 5.41) is 4.17. The lowest BCUT2D eigenvalue weighted by atomic mass is 10.2. The van der Waals surface area contributed by atoms with Crippen LogP contribution in [0.3, 0.4) is 0 Å². The van der Waals surface area contributed by atoms with E-state index in [1.54, 1.807) is 6.26 Å². The van der Waals surface area contributed by atoms with Gasteiger partial charge in [0.25, 0.3) is 0 Å². The molecule has 0 radical (unpaired) electrons. The molecule has 2 unspecified atom stereocenters. The van der Waals surface area contributed by atoms with Crippen LogP contribution in [-0.4, -0.2) is 32.2 Å². The van der Waals surface area contributed by atoms with E-state index in [0.717, 1.165) is 16.7 Å². The summed E-state index contributed by atoms with van der Waals surface area (Å²) in [5.41, 5.74) is 7.20. The Morgan fingerprint density at radius 3 is 2.94 bits per heavy atom. The van der Waals surface area contributed by atoms with Crippen molar-refractivity contribution in [3.8, 4) is 0 Å². The number of benzene rings is 1. The highest BCUT2D eigenvalue weighted by Gasteiger charge is 2.08. The van der Waals surface area contributed by atoms with Crippen LogP contribution in [0.15, 0.2) is 24.5 Å². The second-order valence-corrected chi connectivity index (χ2v) is 5.76. The summed E-state index contributed by atoms with van der Waals surface area (Å²) in [4.78, 5) is 8.40. The van der Waals surface area contributed by atoms with Crippen molar-refractivity contribution in [2.24, 2.45) is 0 Å². The molecule has 3 N–H and O–H groups in total. The van der Waals surface area contributed by atoms with Gasteiger partial charge in [-0.15, -0.1) is 0 Å². The Bertz CT molecular complexity index is 587. The number of nitrogen functional groups attached to an aromatic ring is 1. The SMILES string of the molecule is CC(CS(C)=O)Nc1ncnc2cc(N)ccc12. The highest BCUT2D eigenvalue weighted by molar-refractivity contribution is 7.84. The van der Waals surface area contributed by atoms with Crippen molar-refractivity contribution < 1.29 is 4.21 Å². The van der Waals surface area contributed by atoms with Gasteiger partial charge in [0, 0.05) is 39.9 Å². The van der Waals surface area contributed by atoms with Crippen LogP contribution in [0.2, 0.25) is 0 Å². The Kier molecular flexibility index (Phi) is 3.76. The molecule has 5 nitrogen and oxygen atoms in total. The van der Waals surface area contributed by atoms with Gasteiger partial charge >= 0.3 is 0 Å². The molecule has 1 aromatic heterocycles. The number of nitrogens with two attached hydrogens (primary N) is 1. The van der Waals surface area contributed by atoms with Crippen LogP contribution in [-0.2, 0) is 10.8 Å². The summed E-state index contributed by atoms with van der Waals surface area (Å²) in [6, 6.07) is 5.61. The molecule has 0 amide bonds. The number of fused-ring (bicyclic) bond motifs is 1. The molecule has 0 aliphatic carbocycles. The normalized spacial score (nSPS) is 14.3. The van der Waals surface area contributed by atoms with E-state index in [0.29, 0.717) is 11.4 Å². The molecule has 18 heavy (non-hydrogen) atoms. The Hall–Kier alpha value is -1.69. The maximum absolute atomic E-state index is 11.2. The van der Waals surface area contributed by atoms with E-state index in [4.69, 9.17) is 5.73 Å². The Labute approximate surface area is 108 Å². The van der Waals surface area contributed by atoms with Crippen LogP contribution in [0.25, 0.3) is 10.9 Å². The first-order valence-corrected chi connectivity index (χ1v) is 7.36. The van der Waals surface area contributed by atoms with E-state index in [9.17, 15) is 4.21 Å². The number of rotatable bonds is 4. The van der Waals surface area contributed by atoms with Gasteiger partial charge in [0.05, 0.1) is 5.52 Å². The van der Waals surface area contributed by atoms with E-state index in [2.05, 4.69) is 15.3 Å². The third-order valence-corrected chi connectivity index (χ3v) is 3.50. The Morgan fingerprint density at radius 2 is 2.22 bits per heavy atom. The molecular formula is C12H16N4OS. The minimum Gasteiger partial charge on any atom is -0.399 e. The van der Waals surface area contributed by atoms with Crippen LogP contribution < -0.4 is 11.1 Å². The maximum Gasteiger partial charge on any atom is 0.137 e. The van der Waals surface area contributed by atoms with Crippen molar-refractivity contribution in [1.82, 2.24) is 9.97 Å². The highest BCUT2D eigenvalue weighted by Crippen LogP contribution is 2.21. The molecule has 1 aromatic carbocycles. The van der Waals surface area contributed by atoms with Crippen molar-refractivity contribution >= 4 is 33.2 Å². The minimum absolute atomic E-state index is 0.0893. The fourth-order valence-corrected chi connectivity index (χ4v) is 2.60. The monoisotopic (exact) mass is 264 g/mol. The van der Waals surface area contributed by atoms with Gasteiger partial charge in [-0.1, -0.05) is 0 Å². The van der Waals surface area contributed by atoms with Gasteiger partial charge < -0.3 is 11.1 Å². The summed E-state index contributed by atoms with van der Waals surface area (Å²) in [6.45, 7) is 1.98. The average molecular weight is 264 g/mol. The number of hydrogen-bond acceptors (Lipinski definition) is 5. The van der Waals surface area contributed by atoms with E-state index in [1.165, 1.54) is 6.33 Å². The lowest BCUT2D eigenvalue weighted by Crippen LogP contribution is -2.23. The minimum atomic E-state index is -0.833. The zero-order valence-electron chi connectivity index (χ0n) is 10.4. The van der Waals surface area contributed by atoms with Gasteiger partial charge in [-0.05, 0) is 25.1 Å². The zero-order valence-corrected chi connectivity index (χ0v) is 11.2. The van der Waals surface area contributed by atoms with Crippen molar-refractivity contribution in [2.45, 2.75) is 13.0 Å². The fraction of sp³-hybridized carbons (Fsp3) is 0.333. The van der Waals surface area contributed by atoms with Crippen molar-refractivity contribution in [3.05, 3.63) is 24.5 Å². The van der Waals surface area contributed by atoms with E-state index in [1.807, 2.05) is 25.1 Å². The topological polar surface area (TPSA) is 80.9 Å². The Balaban J connectivity index is 2.30. The summed E-state index contributed by atoms with van der Waals surface area (Å²) in [5.74, 6) is 1.33. The van der Waals surface area contributed by atoms with Crippen LogP contribution in [0.4, 0.5) is 11.5 Å². The number of hydrogen-bond donors (Lipinski definition) is 2. The zero-order chi connectivity index (χ0) is 13.1. The number of aromatic nitrogens is 2. The molecule has 0 spiro atoms. The quantitative estimate of drug-likeness (QED) is 0.816. The largest absolute Gasteiger partial charge is 0.399 e. The molecule has 0 saturated heterocycles. The molecular weight excluding hydrogens is 248 g/mol. The number of nitrogens with zero attached hydrogens (tertiary/aromatic N) is 2. The molecule has 0 saturated carbocycles. The third kappa shape index (κ3) is 2.95. The summed E-state index contributed by atoms with van der Waals surface area (Å²) < 4.78 is 11.2. The predicted octanol–water partition coefficient (Wildman–Crippen LogP) is 1.39. The lowest BCUT2D eigenvalue weighted by molar-refractivity contribution is 0.683. The molecule has 0 aliphatic rings. The molecule has 0 fully saturated rings. The maximum atomic E-state index is 11.2. The van der Waals surface area contributed by atoms with Crippen molar-refractivity contribution in [3.63, 3.8) is 0 Å². The second-order valence-electron chi connectivity index (χ2n) is 4.28. The first-order chi connectivity index (χ1) is 8.56. The van der Waals surface area contributed by atoms with Crippen LogP contribution in [0.5, 0.6) is 0 Å².